The normalized spacial score (nSPS) is 12.4. The summed E-state index contributed by atoms with van der Waals surface area (Å²) in [5, 5.41) is 22.3. The smallest absolute Gasteiger partial charge is 0.335 e. The molecular formula is C24H17N3O3. The number of nitrogens with zero attached hydrogens (tertiary/aromatic N) is 2. The van der Waals surface area contributed by atoms with E-state index in [0.29, 0.717) is 27.9 Å². The van der Waals surface area contributed by atoms with Gasteiger partial charge in [-0.2, -0.15) is 0 Å². The SMILES string of the molecule is Cc1ccc(C(=C2N=c3ccccc3=N2)c2c(O)[nH]c3ccc(C(=O)O)cc23)cc1. The Morgan fingerprint density at radius 2 is 1.53 bits per heavy atom. The molecule has 0 saturated carbocycles. The van der Waals surface area contributed by atoms with E-state index in [2.05, 4.69) is 15.0 Å². The highest BCUT2D eigenvalue weighted by Crippen LogP contribution is 2.39. The molecule has 0 atom stereocenters. The Bertz CT molecular complexity index is 1440. The van der Waals surface area contributed by atoms with E-state index >= 15 is 0 Å². The number of hydrogen-bond acceptors (Lipinski definition) is 4. The van der Waals surface area contributed by atoms with Gasteiger partial charge in [0.1, 0.15) is 0 Å². The monoisotopic (exact) mass is 395 g/mol. The second-order valence-electron chi connectivity index (χ2n) is 7.19. The summed E-state index contributed by atoms with van der Waals surface area (Å²) >= 11 is 0. The number of aromatic amines is 1. The van der Waals surface area contributed by atoms with Gasteiger partial charge >= 0.3 is 5.97 Å². The minimum atomic E-state index is -1.03. The lowest BCUT2D eigenvalue weighted by Gasteiger charge is -2.10. The van der Waals surface area contributed by atoms with Gasteiger partial charge in [0.25, 0.3) is 0 Å². The van der Waals surface area contributed by atoms with Gasteiger partial charge in [-0.3, -0.25) is 0 Å². The first-order valence-electron chi connectivity index (χ1n) is 9.43. The molecule has 0 saturated heterocycles. The molecule has 3 aromatic carbocycles. The van der Waals surface area contributed by atoms with E-state index in [9.17, 15) is 15.0 Å². The van der Waals surface area contributed by atoms with Gasteiger partial charge in [-0.05, 0) is 42.8 Å². The van der Waals surface area contributed by atoms with Gasteiger partial charge in [0.05, 0.1) is 21.8 Å². The number of aryl methyl sites for hydroxylation is 1. The van der Waals surface area contributed by atoms with Crippen molar-refractivity contribution in [2.75, 3.05) is 0 Å². The van der Waals surface area contributed by atoms with E-state index in [4.69, 9.17) is 0 Å². The van der Waals surface area contributed by atoms with Crippen molar-refractivity contribution in [1.82, 2.24) is 4.98 Å². The number of H-pyrrole nitrogens is 1. The van der Waals surface area contributed by atoms with Crippen molar-refractivity contribution < 1.29 is 15.0 Å². The minimum Gasteiger partial charge on any atom is -0.494 e. The summed E-state index contributed by atoms with van der Waals surface area (Å²) in [6.45, 7) is 2.00. The van der Waals surface area contributed by atoms with Crippen LogP contribution in [0.3, 0.4) is 0 Å². The summed E-state index contributed by atoms with van der Waals surface area (Å²) in [6.07, 6.45) is 0. The number of rotatable bonds is 3. The predicted molar refractivity (Wildman–Crippen MR) is 113 cm³/mol. The molecule has 146 valence electrons. The maximum absolute atomic E-state index is 11.5. The van der Waals surface area contributed by atoms with Crippen molar-refractivity contribution in [1.29, 1.82) is 0 Å². The highest BCUT2D eigenvalue weighted by molar-refractivity contribution is 6.03. The molecule has 5 rings (SSSR count). The van der Waals surface area contributed by atoms with Crippen LogP contribution in [0.25, 0.3) is 16.5 Å². The van der Waals surface area contributed by atoms with Gasteiger partial charge in [0, 0.05) is 16.5 Å². The van der Waals surface area contributed by atoms with Gasteiger partial charge in [-0.15, -0.1) is 0 Å². The number of aromatic hydroxyl groups is 1. The predicted octanol–water partition coefficient (Wildman–Crippen LogP) is 3.55. The standard InChI is InChI=1S/C24H17N3O3/c1-13-6-8-14(9-7-13)20(22-25-18-4-2-3-5-19(18)26-22)21-16-12-15(24(29)30)10-11-17(16)27-23(21)28/h2-12,27-28H,1H3,(H,29,30). The Morgan fingerprint density at radius 1 is 0.900 bits per heavy atom. The van der Waals surface area contributed by atoms with Gasteiger partial charge in [-0.1, -0.05) is 42.0 Å². The number of hydrogen-bond donors (Lipinski definition) is 3. The summed E-state index contributed by atoms with van der Waals surface area (Å²) in [5.41, 5.74) is 3.81. The molecule has 6 heteroatoms. The highest BCUT2D eigenvalue weighted by atomic mass is 16.4. The number of carboxylic acid groups (broad SMARTS) is 1. The van der Waals surface area contributed by atoms with Crippen molar-refractivity contribution in [2.45, 2.75) is 6.92 Å². The van der Waals surface area contributed by atoms with Crippen LogP contribution < -0.4 is 10.7 Å². The second-order valence-corrected chi connectivity index (χ2v) is 7.19. The molecule has 0 radical (unpaired) electrons. The Morgan fingerprint density at radius 3 is 2.17 bits per heavy atom. The first kappa shape index (κ1) is 17.9. The molecule has 0 bridgehead atoms. The van der Waals surface area contributed by atoms with Crippen LogP contribution in [0.1, 0.15) is 27.0 Å². The van der Waals surface area contributed by atoms with Crippen LogP contribution >= 0.6 is 0 Å². The quantitative estimate of drug-likeness (QED) is 0.495. The number of fused-ring (bicyclic) bond motifs is 2. The van der Waals surface area contributed by atoms with Crippen molar-refractivity contribution >= 4 is 22.4 Å². The lowest BCUT2D eigenvalue weighted by Crippen LogP contribution is -2.19. The van der Waals surface area contributed by atoms with Crippen LogP contribution in [-0.4, -0.2) is 21.2 Å². The molecule has 1 aliphatic heterocycles. The molecule has 6 nitrogen and oxygen atoms in total. The summed E-state index contributed by atoms with van der Waals surface area (Å²) in [7, 11) is 0. The molecule has 2 heterocycles. The molecule has 0 fully saturated rings. The topological polar surface area (TPSA) is 98.0 Å². The fourth-order valence-electron chi connectivity index (χ4n) is 3.69. The van der Waals surface area contributed by atoms with E-state index in [-0.39, 0.29) is 11.4 Å². The zero-order chi connectivity index (χ0) is 20.8. The van der Waals surface area contributed by atoms with Crippen molar-refractivity contribution in [2.24, 2.45) is 9.98 Å². The molecule has 1 aromatic heterocycles. The summed E-state index contributed by atoms with van der Waals surface area (Å²) in [4.78, 5) is 23.8. The first-order chi connectivity index (χ1) is 14.5. The van der Waals surface area contributed by atoms with Crippen LogP contribution in [0.4, 0.5) is 0 Å². The molecule has 0 amide bonds. The van der Waals surface area contributed by atoms with E-state index in [1.807, 2.05) is 55.5 Å². The van der Waals surface area contributed by atoms with Crippen molar-refractivity contribution in [3.05, 3.63) is 106 Å². The average molecular weight is 395 g/mol. The fourth-order valence-corrected chi connectivity index (χ4v) is 3.69. The second kappa shape index (κ2) is 6.70. The molecule has 0 unspecified atom stereocenters. The fraction of sp³-hybridized carbons (Fsp3) is 0.0417. The van der Waals surface area contributed by atoms with Crippen LogP contribution in [0.15, 0.2) is 82.5 Å². The number of nitrogens with one attached hydrogen (secondary N) is 1. The van der Waals surface area contributed by atoms with Gasteiger partial charge in [0.2, 0.25) is 0 Å². The van der Waals surface area contributed by atoms with Crippen LogP contribution in [0.5, 0.6) is 5.88 Å². The zero-order valence-electron chi connectivity index (χ0n) is 16.0. The Hall–Kier alpha value is -4.19. The number of aromatic nitrogens is 1. The molecule has 30 heavy (non-hydrogen) atoms. The Balaban J connectivity index is 1.87. The first-order valence-corrected chi connectivity index (χ1v) is 9.43. The van der Waals surface area contributed by atoms with E-state index in [1.165, 1.54) is 6.07 Å². The Labute approximate surface area is 171 Å². The van der Waals surface area contributed by atoms with Crippen LogP contribution in [0.2, 0.25) is 0 Å². The summed E-state index contributed by atoms with van der Waals surface area (Å²) in [6, 6.07) is 20.1. The number of benzene rings is 3. The van der Waals surface area contributed by atoms with Crippen LogP contribution in [-0.2, 0) is 0 Å². The molecule has 0 aliphatic carbocycles. The number of aromatic carboxylic acids is 1. The third-order valence-corrected chi connectivity index (χ3v) is 5.17. The zero-order valence-corrected chi connectivity index (χ0v) is 16.0. The summed E-state index contributed by atoms with van der Waals surface area (Å²) < 4.78 is 0. The van der Waals surface area contributed by atoms with E-state index < -0.39 is 5.97 Å². The number of carbonyl (C=O) groups is 1. The van der Waals surface area contributed by atoms with E-state index in [1.54, 1.807) is 12.1 Å². The largest absolute Gasteiger partial charge is 0.494 e. The van der Waals surface area contributed by atoms with Crippen molar-refractivity contribution in [3.8, 4) is 5.88 Å². The lowest BCUT2D eigenvalue weighted by molar-refractivity contribution is 0.0697. The molecule has 0 spiro atoms. The molecule has 3 N–H and O–H groups in total. The van der Waals surface area contributed by atoms with Crippen molar-refractivity contribution in [3.63, 3.8) is 0 Å². The maximum Gasteiger partial charge on any atom is 0.335 e. The molecule has 4 aromatic rings. The van der Waals surface area contributed by atoms with Crippen LogP contribution in [0, 0.1) is 6.92 Å². The highest BCUT2D eigenvalue weighted by Gasteiger charge is 2.22. The third-order valence-electron chi connectivity index (χ3n) is 5.17. The Kier molecular flexibility index (Phi) is 3.99. The van der Waals surface area contributed by atoms with Gasteiger partial charge in [-0.25, -0.2) is 14.8 Å². The molecular weight excluding hydrogens is 378 g/mol. The van der Waals surface area contributed by atoms with E-state index in [0.717, 1.165) is 21.8 Å². The minimum absolute atomic E-state index is 0.0584. The van der Waals surface area contributed by atoms with Gasteiger partial charge < -0.3 is 15.2 Å². The van der Waals surface area contributed by atoms with Gasteiger partial charge in [0.15, 0.2) is 11.7 Å². The lowest BCUT2D eigenvalue weighted by atomic mass is 9.95. The number of para-hydroxylation sites is 2. The summed E-state index contributed by atoms with van der Waals surface area (Å²) in [5.74, 6) is -0.621. The number of carboxylic acids is 1. The third kappa shape index (κ3) is 2.86. The maximum atomic E-state index is 11.5. The molecule has 1 aliphatic rings. The average Bonchev–Trinajstić information content (AvgIpc) is 3.30.